The largest absolute Gasteiger partial charge is 0.497 e. The molecule has 26 heavy (non-hydrogen) atoms. The van der Waals surface area contributed by atoms with Gasteiger partial charge >= 0.3 is 0 Å². The summed E-state index contributed by atoms with van der Waals surface area (Å²) >= 11 is 4.89. The van der Waals surface area contributed by atoms with E-state index in [0.717, 1.165) is 12.1 Å². The number of amides is 2. The van der Waals surface area contributed by atoms with Gasteiger partial charge in [-0.25, -0.2) is 4.39 Å². The maximum atomic E-state index is 12.8. The normalized spacial score (nSPS) is 9.77. The first-order valence-corrected chi connectivity index (χ1v) is 7.81. The molecule has 2 amide bonds. The lowest BCUT2D eigenvalue weighted by Gasteiger charge is -2.11. The highest BCUT2D eigenvalue weighted by atomic mass is 32.1. The van der Waals surface area contributed by atoms with Crippen LogP contribution in [0.1, 0.15) is 10.4 Å². The highest BCUT2D eigenvalue weighted by Crippen LogP contribution is 2.16. The standard InChI is InChI=1S/C17H16FN3O4S/c1-24-13-6-8-14(9-7-13)25-10-15(22)20-21-17(26)19-16(23)11-2-4-12(18)5-3-11/h2-9H,10H2,1H3,(H,20,22)(H2,19,21,23,26). The van der Waals surface area contributed by atoms with E-state index in [-0.39, 0.29) is 17.3 Å². The number of nitrogens with one attached hydrogen (secondary N) is 3. The van der Waals surface area contributed by atoms with E-state index in [9.17, 15) is 14.0 Å². The van der Waals surface area contributed by atoms with E-state index in [2.05, 4.69) is 16.2 Å². The maximum absolute atomic E-state index is 12.8. The molecule has 0 saturated carbocycles. The molecule has 0 radical (unpaired) electrons. The van der Waals surface area contributed by atoms with Crippen LogP contribution in [0.2, 0.25) is 0 Å². The summed E-state index contributed by atoms with van der Waals surface area (Å²) in [4.78, 5) is 23.6. The summed E-state index contributed by atoms with van der Waals surface area (Å²) < 4.78 is 23.1. The Morgan fingerprint density at radius 1 is 1.00 bits per heavy atom. The topological polar surface area (TPSA) is 88.7 Å². The fourth-order valence-electron chi connectivity index (χ4n) is 1.79. The number of halogens is 1. The van der Waals surface area contributed by atoms with Crippen molar-refractivity contribution in [3.05, 3.63) is 59.9 Å². The second-order valence-electron chi connectivity index (χ2n) is 4.93. The molecule has 0 aromatic heterocycles. The Kier molecular flexibility index (Phi) is 6.86. The van der Waals surface area contributed by atoms with Gasteiger partial charge in [0.1, 0.15) is 17.3 Å². The van der Waals surface area contributed by atoms with Gasteiger partial charge < -0.3 is 9.47 Å². The Morgan fingerprint density at radius 2 is 1.62 bits per heavy atom. The molecule has 2 rings (SSSR count). The first-order chi connectivity index (χ1) is 12.5. The summed E-state index contributed by atoms with van der Waals surface area (Å²) in [6.07, 6.45) is 0. The van der Waals surface area contributed by atoms with Gasteiger partial charge in [-0.05, 0) is 60.7 Å². The van der Waals surface area contributed by atoms with E-state index >= 15 is 0 Å². The van der Waals surface area contributed by atoms with Gasteiger partial charge in [0.25, 0.3) is 11.8 Å². The predicted molar refractivity (Wildman–Crippen MR) is 96.2 cm³/mol. The SMILES string of the molecule is COc1ccc(OCC(=O)NNC(=S)NC(=O)c2ccc(F)cc2)cc1. The average Bonchev–Trinajstić information content (AvgIpc) is 2.65. The van der Waals surface area contributed by atoms with Crippen LogP contribution in [0.25, 0.3) is 0 Å². The van der Waals surface area contributed by atoms with Gasteiger partial charge in [-0.2, -0.15) is 0 Å². The van der Waals surface area contributed by atoms with E-state index in [0.29, 0.717) is 11.5 Å². The number of thiocarbonyl (C=S) groups is 1. The number of hydrogen-bond donors (Lipinski definition) is 3. The quantitative estimate of drug-likeness (QED) is 0.541. The van der Waals surface area contributed by atoms with E-state index in [1.807, 2.05) is 0 Å². The number of hydrazine groups is 1. The molecule has 2 aromatic rings. The van der Waals surface area contributed by atoms with Crippen LogP contribution in [-0.4, -0.2) is 30.6 Å². The summed E-state index contributed by atoms with van der Waals surface area (Å²) in [5.41, 5.74) is 4.89. The summed E-state index contributed by atoms with van der Waals surface area (Å²) in [7, 11) is 1.55. The fourth-order valence-corrected chi connectivity index (χ4v) is 1.93. The lowest BCUT2D eigenvalue weighted by atomic mass is 10.2. The maximum Gasteiger partial charge on any atom is 0.276 e. The molecule has 0 bridgehead atoms. The molecule has 136 valence electrons. The smallest absolute Gasteiger partial charge is 0.276 e. The van der Waals surface area contributed by atoms with Gasteiger partial charge in [0.2, 0.25) is 0 Å². The van der Waals surface area contributed by atoms with Gasteiger partial charge in [0, 0.05) is 5.56 Å². The second kappa shape index (κ2) is 9.33. The monoisotopic (exact) mass is 377 g/mol. The summed E-state index contributed by atoms with van der Waals surface area (Å²) in [6, 6.07) is 11.7. The molecule has 0 atom stereocenters. The molecule has 0 aliphatic carbocycles. The molecule has 0 aliphatic heterocycles. The zero-order chi connectivity index (χ0) is 18.9. The van der Waals surface area contributed by atoms with Gasteiger partial charge in [0.05, 0.1) is 7.11 Å². The van der Waals surface area contributed by atoms with Crippen molar-refractivity contribution < 1.29 is 23.5 Å². The van der Waals surface area contributed by atoms with Crippen molar-refractivity contribution in [2.24, 2.45) is 0 Å². The number of ether oxygens (including phenoxy) is 2. The van der Waals surface area contributed by atoms with Crippen molar-refractivity contribution in [3.8, 4) is 11.5 Å². The van der Waals surface area contributed by atoms with Crippen molar-refractivity contribution in [1.82, 2.24) is 16.2 Å². The van der Waals surface area contributed by atoms with Gasteiger partial charge in [0.15, 0.2) is 11.7 Å². The third-order valence-corrected chi connectivity index (χ3v) is 3.28. The number of benzene rings is 2. The number of methoxy groups -OCH3 is 1. The van der Waals surface area contributed by atoms with E-state index in [1.54, 1.807) is 31.4 Å². The Bertz CT molecular complexity index is 782. The lowest BCUT2D eigenvalue weighted by molar-refractivity contribution is -0.123. The van der Waals surface area contributed by atoms with Gasteiger partial charge in [-0.15, -0.1) is 0 Å². The van der Waals surface area contributed by atoms with Crippen molar-refractivity contribution >= 4 is 29.1 Å². The van der Waals surface area contributed by atoms with E-state index in [4.69, 9.17) is 21.7 Å². The minimum atomic E-state index is -0.536. The van der Waals surface area contributed by atoms with Crippen LogP contribution in [0.3, 0.4) is 0 Å². The van der Waals surface area contributed by atoms with Crippen LogP contribution in [0.4, 0.5) is 4.39 Å². The zero-order valence-electron chi connectivity index (χ0n) is 13.7. The number of hydrogen-bond acceptors (Lipinski definition) is 5. The van der Waals surface area contributed by atoms with Crippen LogP contribution < -0.4 is 25.6 Å². The van der Waals surface area contributed by atoms with Crippen molar-refractivity contribution in [2.75, 3.05) is 13.7 Å². The molecule has 0 spiro atoms. The van der Waals surface area contributed by atoms with E-state index in [1.165, 1.54) is 12.1 Å². The Balaban J connectivity index is 1.71. The lowest BCUT2D eigenvalue weighted by Crippen LogP contribution is -2.49. The number of carbonyl (C=O) groups excluding carboxylic acids is 2. The summed E-state index contributed by atoms with van der Waals surface area (Å²) in [5.74, 6) is -0.323. The van der Waals surface area contributed by atoms with Crippen molar-refractivity contribution in [1.29, 1.82) is 0 Å². The van der Waals surface area contributed by atoms with E-state index < -0.39 is 17.6 Å². The minimum absolute atomic E-state index is 0.114. The first kappa shape index (κ1) is 19.1. The molecule has 7 nitrogen and oxygen atoms in total. The Morgan fingerprint density at radius 3 is 2.23 bits per heavy atom. The predicted octanol–water partition coefficient (Wildman–Crippen LogP) is 1.55. The second-order valence-corrected chi connectivity index (χ2v) is 5.34. The average molecular weight is 377 g/mol. The molecule has 0 aliphatic rings. The number of carbonyl (C=O) groups is 2. The summed E-state index contributed by atoms with van der Waals surface area (Å²) in [6.45, 7) is -0.256. The third kappa shape index (κ3) is 6.02. The van der Waals surface area contributed by atoms with Crippen molar-refractivity contribution in [3.63, 3.8) is 0 Å². The molecular weight excluding hydrogens is 361 g/mol. The van der Waals surface area contributed by atoms with Crippen molar-refractivity contribution in [2.45, 2.75) is 0 Å². The third-order valence-electron chi connectivity index (χ3n) is 3.08. The van der Waals surface area contributed by atoms with Crippen LogP contribution in [0, 0.1) is 5.82 Å². The Hall–Kier alpha value is -3.20. The molecule has 0 fully saturated rings. The minimum Gasteiger partial charge on any atom is -0.497 e. The van der Waals surface area contributed by atoms with Crippen LogP contribution in [-0.2, 0) is 4.79 Å². The molecule has 0 heterocycles. The zero-order valence-corrected chi connectivity index (χ0v) is 14.6. The Labute approximate surface area is 154 Å². The highest BCUT2D eigenvalue weighted by molar-refractivity contribution is 7.80. The fraction of sp³-hybridized carbons (Fsp3) is 0.118. The molecular formula is C17H16FN3O4S. The van der Waals surface area contributed by atoms with Crippen LogP contribution >= 0.6 is 12.2 Å². The van der Waals surface area contributed by atoms with Gasteiger partial charge in [-0.3, -0.25) is 25.8 Å². The highest BCUT2D eigenvalue weighted by Gasteiger charge is 2.09. The number of rotatable bonds is 5. The molecule has 3 N–H and O–H groups in total. The molecule has 2 aromatic carbocycles. The molecule has 0 saturated heterocycles. The first-order valence-electron chi connectivity index (χ1n) is 7.40. The summed E-state index contributed by atoms with van der Waals surface area (Å²) in [5, 5.41) is 2.23. The molecule has 0 unspecified atom stereocenters. The molecule has 9 heteroatoms. The van der Waals surface area contributed by atoms with Crippen LogP contribution in [0.5, 0.6) is 11.5 Å². The van der Waals surface area contributed by atoms with Crippen LogP contribution in [0.15, 0.2) is 48.5 Å². The van der Waals surface area contributed by atoms with Gasteiger partial charge in [-0.1, -0.05) is 0 Å².